The Hall–Kier alpha value is -0.830. The van der Waals surface area contributed by atoms with Crippen molar-refractivity contribution >= 4 is 54.2 Å². The highest BCUT2D eigenvalue weighted by Gasteiger charge is 2.14. The third-order valence-electron chi connectivity index (χ3n) is 3.32. The van der Waals surface area contributed by atoms with E-state index in [0.29, 0.717) is 0 Å². The molecule has 0 amide bonds. The Kier molecular flexibility index (Phi) is 4.16. The monoisotopic (exact) mass is 408 g/mol. The molecule has 0 heterocycles. The zero-order valence-corrected chi connectivity index (χ0v) is 14.4. The normalized spacial score (nSPS) is 12.6. The van der Waals surface area contributed by atoms with Crippen LogP contribution in [0.25, 0.3) is 10.8 Å². The first-order valence-electron chi connectivity index (χ1n) is 6.23. The zero-order valence-electron chi connectivity index (χ0n) is 10.5. The number of alkyl halides is 1. The Morgan fingerprint density at radius 3 is 2.35 bits per heavy atom. The van der Waals surface area contributed by atoms with Crippen LogP contribution in [0.15, 0.2) is 65.1 Å². The van der Waals surface area contributed by atoms with E-state index >= 15 is 0 Å². The van der Waals surface area contributed by atoms with E-state index in [4.69, 9.17) is 11.6 Å². The van der Waals surface area contributed by atoms with Crippen LogP contribution in [0.3, 0.4) is 0 Å². The highest BCUT2D eigenvalue weighted by Crippen LogP contribution is 2.38. The van der Waals surface area contributed by atoms with E-state index < -0.39 is 0 Å². The number of fused-ring (bicyclic) bond motifs is 1. The number of hydrogen-bond acceptors (Lipinski definition) is 0. The van der Waals surface area contributed by atoms with Crippen molar-refractivity contribution in [1.29, 1.82) is 0 Å². The van der Waals surface area contributed by atoms with Crippen molar-refractivity contribution in [2.75, 3.05) is 0 Å². The van der Waals surface area contributed by atoms with Crippen LogP contribution in [0.5, 0.6) is 0 Å². The summed E-state index contributed by atoms with van der Waals surface area (Å²) < 4.78 is 1.08. The molecule has 0 bridgehead atoms. The molecule has 0 aliphatic rings. The van der Waals surface area contributed by atoms with Crippen LogP contribution < -0.4 is 0 Å². The first-order chi connectivity index (χ1) is 9.66. The highest BCUT2D eigenvalue weighted by molar-refractivity contribution is 9.10. The third-order valence-corrected chi connectivity index (χ3v) is 5.16. The molecule has 0 spiro atoms. The van der Waals surface area contributed by atoms with Gasteiger partial charge >= 0.3 is 0 Å². The molecule has 20 heavy (non-hydrogen) atoms. The summed E-state index contributed by atoms with van der Waals surface area (Å²) in [4.78, 5) is 0.141. The fourth-order valence-corrected chi connectivity index (χ4v) is 3.68. The maximum absolute atomic E-state index is 6.28. The molecule has 0 N–H and O–H groups in total. The summed E-state index contributed by atoms with van der Waals surface area (Å²) in [5.41, 5.74) is 2.44. The lowest BCUT2D eigenvalue weighted by atomic mass is 9.98. The minimum absolute atomic E-state index is 0.141. The van der Waals surface area contributed by atoms with Gasteiger partial charge in [0.05, 0.1) is 4.83 Å². The predicted octanol–water partition coefficient (Wildman–Crippen LogP) is 6.74. The second kappa shape index (κ2) is 5.88. The Bertz CT molecular complexity index is 768. The average molecular weight is 411 g/mol. The topological polar surface area (TPSA) is 0 Å². The van der Waals surface area contributed by atoms with Crippen molar-refractivity contribution in [2.24, 2.45) is 0 Å². The van der Waals surface area contributed by atoms with Crippen LogP contribution in [-0.2, 0) is 0 Å². The second-order valence-corrected chi connectivity index (χ2v) is 6.84. The summed E-state index contributed by atoms with van der Waals surface area (Å²) >= 11 is 13.6. The smallest absolute Gasteiger partial charge is 0.0651 e. The van der Waals surface area contributed by atoms with Gasteiger partial charge in [-0.25, -0.2) is 0 Å². The van der Waals surface area contributed by atoms with E-state index in [1.807, 2.05) is 30.3 Å². The van der Waals surface area contributed by atoms with Gasteiger partial charge in [0.1, 0.15) is 0 Å². The molecule has 3 rings (SSSR count). The molecule has 0 fully saturated rings. The van der Waals surface area contributed by atoms with E-state index in [-0.39, 0.29) is 4.83 Å². The van der Waals surface area contributed by atoms with E-state index in [9.17, 15) is 0 Å². The molecule has 3 aromatic rings. The van der Waals surface area contributed by atoms with Gasteiger partial charge in [0.15, 0.2) is 0 Å². The summed E-state index contributed by atoms with van der Waals surface area (Å²) in [5, 5.41) is 3.06. The molecule has 1 unspecified atom stereocenters. The minimum Gasteiger partial charge on any atom is -0.0837 e. The standard InChI is InChI=1S/C17H11Br2Cl/c18-12-5-3-4-11(10-12)17(19)15-8-9-16(20)14-7-2-1-6-13(14)15/h1-10,17H. The van der Waals surface area contributed by atoms with Gasteiger partial charge in [0, 0.05) is 14.9 Å². The fraction of sp³-hybridized carbons (Fsp3) is 0.0588. The molecule has 0 aliphatic carbocycles. The maximum atomic E-state index is 6.28. The van der Waals surface area contributed by atoms with Gasteiger partial charge in [0.25, 0.3) is 0 Å². The first-order valence-corrected chi connectivity index (χ1v) is 8.32. The van der Waals surface area contributed by atoms with Crippen LogP contribution in [0, 0.1) is 0 Å². The molecule has 0 aliphatic heterocycles. The SMILES string of the molecule is Clc1ccc(C(Br)c2cccc(Br)c2)c2ccccc12. The summed E-state index contributed by atoms with van der Waals surface area (Å²) in [5.74, 6) is 0. The Morgan fingerprint density at radius 2 is 1.60 bits per heavy atom. The van der Waals surface area contributed by atoms with Crippen molar-refractivity contribution in [2.45, 2.75) is 4.83 Å². The number of rotatable bonds is 2. The average Bonchev–Trinajstić information content (AvgIpc) is 2.47. The van der Waals surface area contributed by atoms with Gasteiger partial charge in [-0.2, -0.15) is 0 Å². The number of benzene rings is 3. The van der Waals surface area contributed by atoms with Gasteiger partial charge in [-0.1, -0.05) is 85.9 Å². The lowest BCUT2D eigenvalue weighted by Crippen LogP contribution is -1.94. The quantitative estimate of drug-likeness (QED) is 0.410. The van der Waals surface area contributed by atoms with Crippen molar-refractivity contribution < 1.29 is 0 Å². The predicted molar refractivity (Wildman–Crippen MR) is 93.9 cm³/mol. The number of hydrogen-bond donors (Lipinski definition) is 0. The molecule has 0 aromatic heterocycles. The highest BCUT2D eigenvalue weighted by atomic mass is 79.9. The van der Waals surface area contributed by atoms with Gasteiger partial charge < -0.3 is 0 Å². The van der Waals surface area contributed by atoms with Gasteiger partial charge in [-0.05, 0) is 34.7 Å². The van der Waals surface area contributed by atoms with Crippen LogP contribution in [0.2, 0.25) is 5.02 Å². The van der Waals surface area contributed by atoms with E-state index in [1.54, 1.807) is 0 Å². The lowest BCUT2D eigenvalue weighted by Gasteiger charge is -2.15. The molecule has 0 saturated heterocycles. The summed E-state index contributed by atoms with van der Waals surface area (Å²) in [6.45, 7) is 0. The fourth-order valence-electron chi connectivity index (χ4n) is 2.35. The molecule has 1 atom stereocenters. The number of halogens is 3. The minimum atomic E-state index is 0.141. The van der Waals surface area contributed by atoms with Crippen LogP contribution in [-0.4, -0.2) is 0 Å². The summed E-state index contributed by atoms with van der Waals surface area (Å²) in [7, 11) is 0. The first kappa shape index (κ1) is 14.1. The molecule has 3 aromatic carbocycles. The van der Waals surface area contributed by atoms with Gasteiger partial charge in [0.2, 0.25) is 0 Å². The van der Waals surface area contributed by atoms with Crippen LogP contribution in [0.1, 0.15) is 16.0 Å². The Balaban J connectivity index is 2.17. The van der Waals surface area contributed by atoms with E-state index in [2.05, 4.69) is 62.2 Å². The molecular formula is C17H11Br2Cl. The Morgan fingerprint density at radius 1 is 0.850 bits per heavy atom. The van der Waals surface area contributed by atoms with Gasteiger partial charge in [-0.15, -0.1) is 0 Å². The zero-order chi connectivity index (χ0) is 14.1. The molecule has 0 nitrogen and oxygen atoms in total. The Labute approximate surface area is 140 Å². The third kappa shape index (κ3) is 2.65. The van der Waals surface area contributed by atoms with Gasteiger partial charge in [-0.3, -0.25) is 0 Å². The molecule has 100 valence electrons. The van der Waals surface area contributed by atoms with Crippen LogP contribution >= 0.6 is 43.5 Å². The maximum Gasteiger partial charge on any atom is 0.0651 e. The largest absolute Gasteiger partial charge is 0.0837 e. The summed E-state index contributed by atoms with van der Waals surface area (Å²) in [6, 6.07) is 20.6. The van der Waals surface area contributed by atoms with Crippen molar-refractivity contribution in [1.82, 2.24) is 0 Å². The van der Waals surface area contributed by atoms with Crippen LogP contribution in [0.4, 0.5) is 0 Å². The molecular weight excluding hydrogens is 399 g/mol. The van der Waals surface area contributed by atoms with Crippen molar-refractivity contribution in [3.8, 4) is 0 Å². The summed E-state index contributed by atoms with van der Waals surface area (Å²) in [6.07, 6.45) is 0. The molecule has 3 heteroatoms. The van der Waals surface area contributed by atoms with E-state index in [0.717, 1.165) is 14.9 Å². The molecule has 0 radical (unpaired) electrons. The van der Waals surface area contributed by atoms with Crippen molar-refractivity contribution in [3.05, 3.63) is 81.3 Å². The second-order valence-electron chi connectivity index (χ2n) is 4.60. The lowest BCUT2D eigenvalue weighted by molar-refractivity contribution is 1.19. The van der Waals surface area contributed by atoms with Crippen molar-refractivity contribution in [3.63, 3.8) is 0 Å². The molecule has 0 saturated carbocycles. The van der Waals surface area contributed by atoms with E-state index in [1.165, 1.54) is 16.5 Å².